The van der Waals surface area contributed by atoms with Crippen molar-refractivity contribution in [2.45, 2.75) is 13.0 Å². The summed E-state index contributed by atoms with van der Waals surface area (Å²) in [4.78, 5) is 11.8. The molecule has 0 heterocycles. The Morgan fingerprint density at radius 3 is 2.28 bits per heavy atom. The van der Waals surface area contributed by atoms with Gasteiger partial charge in [0.15, 0.2) is 6.10 Å². The predicted molar refractivity (Wildman–Crippen MR) is 71.2 cm³/mol. The van der Waals surface area contributed by atoms with Crippen LogP contribution in [0.3, 0.4) is 0 Å². The first-order valence-corrected chi connectivity index (χ1v) is 5.77. The molecule has 3 nitrogen and oxygen atoms in total. The van der Waals surface area contributed by atoms with Crippen molar-refractivity contribution in [2.75, 3.05) is 5.32 Å². The lowest BCUT2D eigenvalue weighted by Gasteiger charge is -2.11. The van der Waals surface area contributed by atoms with Crippen LogP contribution in [0.25, 0.3) is 0 Å². The van der Waals surface area contributed by atoms with Gasteiger partial charge >= 0.3 is 0 Å². The Labute approximate surface area is 106 Å². The monoisotopic (exact) mass is 241 g/mol. The molecule has 2 rings (SSSR count). The second-order valence-electron chi connectivity index (χ2n) is 4.17. The van der Waals surface area contributed by atoms with Crippen LogP contribution < -0.4 is 5.32 Å². The van der Waals surface area contributed by atoms with E-state index in [2.05, 4.69) is 5.32 Å². The number of rotatable bonds is 3. The number of benzene rings is 2. The minimum atomic E-state index is -1.15. The number of amides is 1. The van der Waals surface area contributed by atoms with E-state index in [-0.39, 0.29) is 0 Å². The molecule has 2 aromatic carbocycles. The molecule has 1 atom stereocenters. The maximum atomic E-state index is 11.8. The zero-order valence-electron chi connectivity index (χ0n) is 10.1. The number of carbonyl (C=O) groups excluding carboxylic acids is 1. The molecule has 0 unspecified atom stereocenters. The van der Waals surface area contributed by atoms with Gasteiger partial charge in [-0.3, -0.25) is 4.79 Å². The van der Waals surface area contributed by atoms with Crippen molar-refractivity contribution in [3.8, 4) is 0 Å². The third-order valence-corrected chi connectivity index (χ3v) is 2.68. The van der Waals surface area contributed by atoms with Crippen molar-refractivity contribution >= 4 is 11.6 Å². The number of nitrogens with one attached hydrogen (secondary N) is 1. The molecule has 1 amide bonds. The lowest BCUT2D eigenvalue weighted by atomic mass is 10.1. The highest BCUT2D eigenvalue weighted by atomic mass is 16.3. The Kier molecular flexibility index (Phi) is 3.75. The number of aliphatic hydroxyl groups excluding tert-OH is 1. The molecule has 3 heteroatoms. The van der Waals surface area contributed by atoms with Gasteiger partial charge in [0.1, 0.15) is 0 Å². The van der Waals surface area contributed by atoms with Crippen LogP contribution in [0, 0.1) is 6.92 Å². The van der Waals surface area contributed by atoms with E-state index in [1.54, 1.807) is 24.3 Å². The molecule has 0 fully saturated rings. The fraction of sp³-hybridized carbons (Fsp3) is 0.133. The molecule has 0 bridgehead atoms. The second-order valence-corrected chi connectivity index (χ2v) is 4.17. The minimum Gasteiger partial charge on any atom is -0.378 e. The summed E-state index contributed by atoms with van der Waals surface area (Å²) < 4.78 is 0. The second kappa shape index (κ2) is 5.47. The highest BCUT2D eigenvalue weighted by Gasteiger charge is 2.16. The first kappa shape index (κ1) is 12.3. The molecular formula is C15H15NO2. The van der Waals surface area contributed by atoms with Crippen molar-refractivity contribution in [3.63, 3.8) is 0 Å². The van der Waals surface area contributed by atoms with Gasteiger partial charge in [0.25, 0.3) is 5.91 Å². The van der Waals surface area contributed by atoms with Gasteiger partial charge in [-0.1, -0.05) is 48.0 Å². The molecule has 92 valence electrons. The highest BCUT2D eigenvalue weighted by Crippen LogP contribution is 2.15. The molecule has 0 saturated heterocycles. The zero-order valence-corrected chi connectivity index (χ0v) is 10.1. The van der Waals surface area contributed by atoms with Gasteiger partial charge in [-0.05, 0) is 24.6 Å². The predicted octanol–water partition coefficient (Wildman–Crippen LogP) is 2.67. The average molecular weight is 241 g/mol. The zero-order chi connectivity index (χ0) is 13.0. The summed E-state index contributed by atoms with van der Waals surface area (Å²) >= 11 is 0. The van der Waals surface area contributed by atoms with Gasteiger partial charge in [-0.15, -0.1) is 0 Å². The van der Waals surface area contributed by atoms with E-state index in [1.807, 2.05) is 37.3 Å². The normalized spacial score (nSPS) is 11.9. The van der Waals surface area contributed by atoms with Gasteiger partial charge in [0.05, 0.1) is 0 Å². The Morgan fingerprint density at radius 2 is 1.67 bits per heavy atom. The van der Waals surface area contributed by atoms with E-state index in [0.717, 1.165) is 5.56 Å². The largest absolute Gasteiger partial charge is 0.378 e. The lowest BCUT2D eigenvalue weighted by Crippen LogP contribution is -2.20. The summed E-state index contributed by atoms with van der Waals surface area (Å²) in [5.74, 6) is -0.426. The van der Waals surface area contributed by atoms with Crippen molar-refractivity contribution in [2.24, 2.45) is 0 Å². The SMILES string of the molecule is Cc1ccc(NC(=O)[C@H](O)c2ccccc2)cc1. The van der Waals surface area contributed by atoms with Crippen LogP contribution in [0.5, 0.6) is 0 Å². The molecule has 18 heavy (non-hydrogen) atoms. The van der Waals surface area contributed by atoms with Crippen LogP contribution >= 0.6 is 0 Å². The van der Waals surface area contributed by atoms with Gasteiger partial charge < -0.3 is 10.4 Å². The summed E-state index contributed by atoms with van der Waals surface area (Å²) in [6, 6.07) is 16.3. The molecule has 0 aliphatic heterocycles. The highest BCUT2D eigenvalue weighted by molar-refractivity contribution is 5.94. The van der Waals surface area contributed by atoms with Crippen molar-refractivity contribution in [1.29, 1.82) is 0 Å². The maximum Gasteiger partial charge on any atom is 0.257 e. The van der Waals surface area contributed by atoms with Crippen LogP contribution in [0.1, 0.15) is 17.2 Å². The van der Waals surface area contributed by atoms with E-state index in [4.69, 9.17) is 0 Å². The summed E-state index contributed by atoms with van der Waals surface area (Å²) in [5, 5.41) is 12.6. The number of hydrogen-bond donors (Lipinski definition) is 2. The Morgan fingerprint density at radius 1 is 1.06 bits per heavy atom. The molecule has 0 aromatic heterocycles. The third kappa shape index (κ3) is 2.96. The van der Waals surface area contributed by atoms with Gasteiger partial charge in [0.2, 0.25) is 0 Å². The molecule has 0 aliphatic carbocycles. The fourth-order valence-electron chi connectivity index (χ4n) is 1.63. The van der Waals surface area contributed by atoms with Crippen LogP contribution in [-0.2, 0) is 4.79 Å². The quantitative estimate of drug-likeness (QED) is 0.868. The summed E-state index contributed by atoms with van der Waals surface area (Å²) in [5.41, 5.74) is 2.39. The van der Waals surface area contributed by atoms with Gasteiger partial charge in [0, 0.05) is 5.69 Å². The van der Waals surface area contributed by atoms with E-state index in [1.165, 1.54) is 0 Å². The summed E-state index contributed by atoms with van der Waals surface area (Å²) in [7, 11) is 0. The molecule has 0 aliphatic rings. The van der Waals surface area contributed by atoms with Crippen LogP contribution in [0.2, 0.25) is 0 Å². The number of aliphatic hydroxyl groups is 1. The van der Waals surface area contributed by atoms with Crippen LogP contribution in [0.15, 0.2) is 54.6 Å². The lowest BCUT2D eigenvalue weighted by molar-refractivity contribution is -0.124. The topological polar surface area (TPSA) is 49.3 Å². The van der Waals surface area contributed by atoms with Gasteiger partial charge in [-0.25, -0.2) is 0 Å². The van der Waals surface area contributed by atoms with Crippen molar-refractivity contribution in [1.82, 2.24) is 0 Å². The average Bonchev–Trinajstić information content (AvgIpc) is 2.41. The molecule has 2 aromatic rings. The summed E-state index contributed by atoms with van der Waals surface area (Å²) in [6.45, 7) is 1.98. The first-order valence-electron chi connectivity index (χ1n) is 5.77. The molecule has 0 saturated carbocycles. The number of aryl methyl sites for hydroxylation is 1. The maximum absolute atomic E-state index is 11.8. The molecule has 0 radical (unpaired) electrons. The van der Waals surface area contributed by atoms with E-state index in [0.29, 0.717) is 11.3 Å². The third-order valence-electron chi connectivity index (χ3n) is 2.68. The minimum absolute atomic E-state index is 0.426. The van der Waals surface area contributed by atoms with Crippen LogP contribution in [-0.4, -0.2) is 11.0 Å². The Hall–Kier alpha value is -2.13. The first-order chi connectivity index (χ1) is 8.66. The Bertz CT molecular complexity index is 520. The number of carbonyl (C=O) groups is 1. The molecule has 0 spiro atoms. The van der Waals surface area contributed by atoms with Crippen molar-refractivity contribution < 1.29 is 9.90 Å². The number of hydrogen-bond acceptors (Lipinski definition) is 2. The number of anilines is 1. The summed E-state index contributed by atoms with van der Waals surface area (Å²) in [6.07, 6.45) is -1.15. The fourth-order valence-corrected chi connectivity index (χ4v) is 1.63. The van der Waals surface area contributed by atoms with Crippen molar-refractivity contribution in [3.05, 3.63) is 65.7 Å². The van der Waals surface area contributed by atoms with Crippen LogP contribution in [0.4, 0.5) is 5.69 Å². The smallest absolute Gasteiger partial charge is 0.257 e. The van der Waals surface area contributed by atoms with Gasteiger partial charge in [-0.2, -0.15) is 0 Å². The Balaban J connectivity index is 2.06. The van der Waals surface area contributed by atoms with E-state index in [9.17, 15) is 9.90 Å². The van der Waals surface area contributed by atoms with E-state index < -0.39 is 12.0 Å². The molecule has 2 N–H and O–H groups in total. The van der Waals surface area contributed by atoms with E-state index >= 15 is 0 Å². The molecular weight excluding hydrogens is 226 g/mol. The standard InChI is InChI=1S/C15H15NO2/c1-11-7-9-13(10-8-11)16-15(18)14(17)12-5-3-2-4-6-12/h2-10,14,17H,1H3,(H,16,18)/t14-/m1/s1.